The summed E-state index contributed by atoms with van der Waals surface area (Å²) in [5.74, 6) is 0.754. The number of hydrogen-bond donors (Lipinski definition) is 1. The van der Waals surface area contributed by atoms with Crippen LogP contribution in [0.1, 0.15) is 21.5 Å². The molecule has 1 fully saturated rings. The van der Waals surface area contributed by atoms with Crippen LogP contribution in [0.15, 0.2) is 71.6 Å². The van der Waals surface area contributed by atoms with Crippen LogP contribution in [0.25, 0.3) is 0 Å². The number of sulfonamides is 1. The number of rotatable bonds is 6. The molecule has 8 heteroatoms. The molecule has 3 aromatic carbocycles. The van der Waals surface area contributed by atoms with Gasteiger partial charge in [-0.1, -0.05) is 29.8 Å². The second-order valence-electron chi connectivity index (χ2n) is 8.40. The second-order valence-corrected chi connectivity index (χ2v) is 10.1. The molecular weight excluding hydrogens is 450 g/mol. The van der Waals surface area contributed by atoms with E-state index in [1.54, 1.807) is 50.4 Å². The molecule has 178 valence electrons. The SMILES string of the molecule is COc1ccccc1N1CCN(C(=O)c2ccc(NS(=O)(=O)c3ccc(C)cc3C)cc2)CC1. The topological polar surface area (TPSA) is 79.0 Å². The van der Waals surface area contributed by atoms with Crippen molar-refractivity contribution in [2.45, 2.75) is 18.7 Å². The van der Waals surface area contributed by atoms with E-state index in [-0.39, 0.29) is 10.8 Å². The van der Waals surface area contributed by atoms with E-state index in [2.05, 4.69) is 9.62 Å². The van der Waals surface area contributed by atoms with Crippen molar-refractivity contribution < 1.29 is 17.9 Å². The third-order valence-electron chi connectivity index (χ3n) is 6.00. The molecule has 0 aromatic heterocycles. The fourth-order valence-corrected chi connectivity index (χ4v) is 5.50. The first-order chi connectivity index (χ1) is 16.3. The molecule has 0 bridgehead atoms. The average Bonchev–Trinajstić information content (AvgIpc) is 2.83. The van der Waals surface area contributed by atoms with Crippen molar-refractivity contribution >= 4 is 27.3 Å². The number of nitrogens with zero attached hydrogens (tertiary/aromatic N) is 2. The summed E-state index contributed by atoms with van der Waals surface area (Å²) < 4.78 is 33.6. The van der Waals surface area contributed by atoms with Gasteiger partial charge in [-0.2, -0.15) is 0 Å². The Morgan fingerprint density at radius 1 is 0.912 bits per heavy atom. The monoisotopic (exact) mass is 479 g/mol. The van der Waals surface area contributed by atoms with Gasteiger partial charge in [-0.15, -0.1) is 0 Å². The molecular formula is C26H29N3O4S. The summed E-state index contributed by atoms with van der Waals surface area (Å²) in [5, 5.41) is 0. The lowest BCUT2D eigenvalue weighted by Gasteiger charge is -2.36. The molecule has 1 aliphatic rings. The first-order valence-corrected chi connectivity index (χ1v) is 12.6. The summed E-state index contributed by atoms with van der Waals surface area (Å²) in [7, 11) is -2.06. The van der Waals surface area contributed by atoms with Crippen molar-refractivity contribution in [3.63, 3.8) is 0 Å². The van der Waals surface area contributed by atoms with Gasteiger partial charge in [0.25, 0.3) is 15.9 Å². The molecule has 1 amide bonds. The first-order valence-electron chi connectivity index (χ1n) is 11.2. The van der Waals surface area contributed by atoms with Crippen molar-refractivity contribution in [3.05, 3.63) is 83.4 Å². The standard InChI is InChI=1S/C26H29N3O4S/c1-19-8-13-25(20(2)18-19)34(31,32)27-22-11-9-21(10-12-22)26(30)29-16-14-28(15-17-29)23-6-4-5-7-24(23)33-3/h4-13,18,27H,14-17H2,1-3H3. The Hall–Kier alpha value is -3.52. The van der Waals surface area contributed by atoms with E-state index in [1.165, 1.54) is 0 Å². The highest BCUT2D eigenvalue weighted by molar-refractivity contribution is 7.92. The smallest absolute Gasteiger partial charge is 0.262 e. The third kappa shape index (κ3) is 5.02. The lowest BCUT2D eigenvalue weighted by atomic mass is 10.1. The number of piperazine rings is 1. The predicted molar refractivity (Wildman–Crippen MR) is 134 cm³/mol. The molecule has 1 aliphatic heterocycles. The van der Waals surface area contributed by atoms with Crippen LogP contribution in [0.2, 0.25) is 0 Å². The Labute approximate surface area is 201 Å². The summed E-state index contributed by atoms with van der Waals surface area (Å²) in [5.41, 5.74) is 3.66. The van der Waals surface area contributed by atoms with E-state index < -0.39 is 10.0 Å². The minimum Gasteiger partial charge on any atom is -0.495 e. The lowest BCUT2D eigenvalue weighted by Crippen LogP contribution is -2.48. The Morgan fingerprint density at radius 3 is 2.24 bits per heavy atom. The molecule has 0 saturated carbocycles. The summed E-state index contributed by atoms with van der Waals surface area (Å²) in [4.78, 5) is 17.3. The van der Waals surface area contributed by atoms with Gasteiger partial charge in [0.1, 0.15) is 5.75 Å². The number of anilines is 2. The number of nitrogens with one attached hydrogen (secondary N) is 1. The van der Waals surface area contributed by atoms with Crippen LogP contribution in [0.4, 0.5) is 11.4 Å². The zero-order chi connectivity index (χ0) is 24.3. The molecule has 0 unspecified atom stereocenters. The van der Waals surface area contributed by atoms with E-state index in [0.717, 1.165) is 17.0 Å². The highest BCUT2D eigenvalue weighted by Crippen LogP contribution is 2.28. The van der Waals surface area contributed by atoms with Gasteiger partial charge in [0.05, 0.1) is 17.7 Å². The molecule has 0 radical (unpaired) electrons. The van der Waals surface area contributed by atoms with Gasteiger partial charge in [0, 0.05) is 37.4 Å². The number of amides is 1. The molecule has 3 aromatic rings. The van der Waals surface area contributed by atoms with Gasteiger partial charge in [-0.3, -0.25) is 9.52 Å². The highest BCUT2D eigenvalue weighted by Gasteiger charge is 2.24. The largest absolute Gasteiger partial charge is 0.495 e. The van der Waals surface area contributed by atoms with Crippen LogP contribution >= 0.6 is 0 Å². The Morgan fingerprint density at radius 2 is 1.59 bits per heavy atom. The van der Waals surface area contributed by atoms with Crippen LogP contribution in [0.3, 0.4) is 0 Å². The molecule has 0 atom stereocenters. The van der Waals surface area contributed by atoms with Crippen LogP contribution in [-0.4, -0.2) is 52.5 Å². The van der Waals surface area contributed by atoms with E-state index in [9.17, 15) is 13.2 Å². The Bertz CT molecular complexity index is 1280. The minimum absolute atomic E-state index is 0.0662. The van der Waals surface area contributed by atoms with Crippen molar-refractivity contribution in [1.82, 2.24) is 4.90 Å². The molecule has 1 N–H and O–H groups in total. The van der Waals surface area contributed by atoms with Gasteiger partial charge in [0.2, 0.25) is 0 Å². The number of ether oxygens (including phenoxy) is 1. The highest BCUT2D eigenvalue weighted by atomic mass is 32.2. The summed E-state index contributed by atoms with van der Waals surface area (Å²) in [6.07, 6.45) is 0. The van der Waals surface area contributed by atoms with Crippen LogP contribution in [-0.2, 0) is 10.0 Å². The lowest BCUT2D eigenvalue weighted by molar-refractivity contribution is 0.0746. The van der Waals surface area contributed by atoms with E-state index in [1.807, 2.05) is 42.2 Å². The Kier molecular flexibility index (Phi) is 6.79. The summed E-state index contributed by atoms with van der Waals surface area (Å²) in [6.45, 7) is 6.30. The van der Waals surface area contributed by atoms with Crippen molar-refractivity contribution in [3.8, 4) is 5.75 Å². The molecule has 0 aliphatic carbocycles. The van der Waals surface area contributed by atoms with Gasteiger partial charge in [-0.05, 0) is 61.9 Å². The zero-order valence-electron chi connectivity index (χ0n) is 19.6. The van der Waals surface area contributed by atoms with Crippen molar-refractivity contribution in [2.75, 3.05) is 42.9 Å². The van der Waals surface area contributed by atoms with Crippen molar-refractivity contribution in [2.24, 2.45) is 0 Å². The quantitative estimate of drug-likeness (QED) is 0.577. The van der Waals surface area contributed by atoms with Gasteiger partial charge >= 0.3 is 0 Å². The fraction of sp³-hybridized carbons (Fsp3) is 0.269. The van der Waals surface area contributed by atoms with Crippen LogP contribution < -0.4 is 14.4 Å². The van der Waals surface area contributed by atoms with Crippen molar-refractivity contribution in [1.29, 1.82) is 0 Å². The number of aryl methyl sites for hydroxylation is 2. The van der Waals surface area contributed by atoms with Gasteiger partial charge in [-0.25, -0.2) is 8.42 Å². The second kappa shape index (κ2) is 9.77. The van der Waals surface area contributed by atoms with Crippen LogP contribution in [0.5, 0.6) is 5.75 Å². The summed E-state index contributed by atoms with van der Waals surface area (Å²) >= 11 is 0. The molecule has 0 spiro atoms. The number of para-hydroxylation sites is 2. The number of benzene rings is 3. The number of carbonyl (C=O) groups excluding carboxylic acids is 1. The van der Waals surface area contributed by atoms with E-state index >= 15 is 0 Å². The zero-order valence-corrected chi connectivity index (χ0v) is 20.4. The van der Waals surface area contributed by atoms with Crippen LogP contribution in [0, 0.1) is 13.8 Å². The summed E-state index contributed by atoms with van der Waals surface area (Å²) in [6, 6.07) is 19.7. The number of methoxy groups -OCH3 is 1. The number of carbonyl (C=O) groups is 1. The Balaban J connectivity index is 1.40. The van der Waals surface area contributed by atoms with Gasteiger partial charge < -0.3 is 14.5 Å². The molecule has 34 heavy (non-hydrogen) atoms. The van der Waals surface area contributed by atoms with E-state index in [4.69, 9.17) is 4.74 Å². The third-order valence-corrected chi connectivity index (χ3v) is 7.54. The van der Waals surface area contributed by atoms with E-state index in [0.29, 0.717) is 43.0 Å². The molecule has 4 rings (SSSR count). The normalized spacial score (nSPS) is 14.1. The minimum atomic E-state index is -3.71. The average molecular weight is 480 g/mol. The molecule has 1 saturated heterocycles. The fourth-order valence-electron chi connectivity index (χ4n) is 4.22. The maximum Gasteiger partial charge on any atom is 0.262 e. The molecule has 7 nitrogen and oxygen atoms in total. The molecule has 1 heterocycles. The first kappa shape index (κ1) is 23.6. The van der Waals surface area contributed by atoms with Gasteiger partial charge in [0.15, 0.2) is 0 Å². The predicted octanol–water partition coefficient (Wildman–Crippen LogP) is 4.08. The maximum atomic E-state index is 13.0. The number of hydrogen-bond acceptors (Lipinski definition) is 5. The maximum absolute atomic E-state index is 13.0.